The average molecular weight is 334 g/mol. The molecule has 3 rings (SSSR count). The second kappa shape index (κ2) is 5.79. The maximum absolute atomic E-state index is 12.5. The third-order valence-electron chi connectivity index (χ3n) is 7.27. The van der Waals surface area contributed by atoms with Crippen LogP contribution >= 0.6 is 0 Å². The predicted molar refractivity (Wildman–Crippen MR) is 92.2 cm³/mol. The average Bonchev–Trinajstić information content (AvgIpc) is 2.56. The molecule has 4 nitrogen and oxygen atoms in total. The number of ketones is 1. The SMILES string of the molecule is C=C[C@@]1(C)C=C2C(CC1)[C@]1(C)CC(=O)CC(CO)(CO)C1C[C@@H]2O. The Labute approximate surface area is 144 Å². The van der Waals surface area contributed by atoms with Crippen LogP contribution in [-0.2, 0) is 4.79 Å². The van der Waals surface area contributed by atoms with Crippen LogP contribution in [-0.4, -0.2) is 40.4 Å². The first-order chi connectivity index (χ1) is 11.2. The minimum Gasteiger partial charge on any atom is -0.396 e. The largest absolute Gasteiger partial charge is 0.396 e. The van der Waals surface area contributed by atoms with Crippen molar-refractivity contribution in [3.8, 4) is 0 Å². The van der Waals surface area contributed by atoms with Crippen molar-refractivity contribution < 1.29 is 20.1 Å². The van der Waals surface area contributed by atoms with E-state index in [0.717, 1.165) is 18.4 Å². The third-order valence-corrected chi connectivity index (χ3v) is 7.27. The van der Waals surface area contributed by atoms with Gasteiger partial charge in [0.1, 0.15) is 5.78 Å². The standard InChI is InChI=1S/C20H30O4/c1-4-18(2)6-5-15-14(10-18)16(24)7-17-19(15,3)8-13(23)9-20(17,11-21)12-22/h4,10,15-17,21-22,24H,1,5-9,11-12H2,2-3H3/t15?,16-,17?,18+,19-/m0/s1. The molecule has 0 saturated heterocycles. The molecule has 0 aromatic heterocycles. The van der Waals surface area contributed by atoms with Crippen LogP contribution < -0.4 is 0 Å². The zero-order chi connectivity index (χ0) is 17.8. The van der Waals surface area contributed by atoms with Crippen LogP contribution in [0.5, 0.6) is 0 Å². The molecule has 0 heterocycles. The summed E-state index contributed by atoms with van der Waals surface area (Å²) < 4.78 is 0. The maximum atomic E-state index is 12.5. The topological polar surface area (TPSA) is 77.8 Å². The Kier molecular flexibility index (Phi) is 4.30. The van der Waals surface area contributed by atoms with Crippen molar-refractivity contribution in [1.82, 2.24) is 0 Å². The van der Waals surface area contributed by atoms with Gasteiger partial charge in [-0.1, -0.05) is 26.0 Å². The summed E-state index contributed by atoms with van der Waals surface area (Å²) in [7, 11) is 0. The Morgan fingerprint density at radius 1 is 1.29 bits per heavy atom. The highest BCUT2D eigenvalue weighted by molar-refractivity contribution is 5.81. The maximum Gasteiger partial charge on any atom is 0.134 e. The van der Waals surface area contributed by atoms with Gasteiger partial charge in [-0.15, -0.1) is 6.58 Å². The van der Waals surface area contributed by atoms with Gasteiger partial charge in [-0.25, -0.2) is 0 Å². The van der Waals surface area contributed by atoms with Crippen LogP contribution in [0, 0.1) is 28.1 Å². The fourth-order valence-corrected chi connectivity index (χ4v) is 5.83. The van der Waals surface area contributed by atoms with Gasteiger partial charge in [0, 0.05) is 23.7 Å². The first kappa shape index (κ1) is 17.8. The van der Waals surface area contributed by atoms with Crippen LogP contribution in [0.4, 0.5) is 0 Å². The van der Waals surface area contributed by atoms with Crippen LogP contribution in [0.3, 0.4) is 0 Å². The van der Waals surface area contributed by atoms with Gasteiger partial charge >= 0.3 is 0 Å². The van der Waals surface area contributed by atoms with Gasteiger partial charge in [-0.05, 0) is 42.1 Å². The second-order valence-corrected chi connectivity index (χ2v) is 8.83. The van der Waals surface area contributed by atoms with Crippen molar-refractivity contribution in [2.24, 2.45) is 28.1 Å². The van der Waals surface area contributed by atoms with E-state index in [2.05, 4.69) is 26.5 Å². The number of rotatable bonds is 3. The molecule has 0 spiro atoms. The minimum atomic E-state index is -0.810. The zero-order valence-electron chi connectivity index (χ0n) is 14.8. The minimum absolute atomic E-state index is 0.0528. The van der Waals surface area contributed by atoms with Gasteiger partial charge in [0.25, 0.3) is 0 Å². The zero-order valence-corrected chi connectivity index (χ0v) is 14.8. The molecule has 0 aliphatic heterocycles. The van der Waals surface area contributed by atoms with E-state index in [1.54, 1.807) is 0 Å². The lowest BCUT2D eigenvalue weighted by Crippen LogP contribution is -2.59. The van der Waals surface area contributed by atoms with E-state index in [1.807, 2.05) is 6.08 Å². The molecule has 2 unspecified atom stereocenters. The van der Waals surface area contributed by atoms with Gasteiger partial charge in [0.15, 0.2) is 0 Å². The first-order valence-corrected chi connectivity index (χ1v) is 9.01. The molecular weight excluding hydrogens is 304 g/mol. The summed E-state index contributed by atoms with van der Waals surface area (Å²) in [5.74, 6) is 0.189. The molecule has 0 radical (unpaired) electrons. The summed E-state index contributed by atoms with van der Waals surface area (Å²) >= 11 is 0. The lowest BCUT2D eigenvalue weighted by Gasteiger charge is -2.60. The van der Waals surface area contributed by atoms with Crippen LogP contribution in [0.2, 0.25) is 0 Å². The monoisotopic (exact) mass is 334 g/mol. The number of hydrogen-bond acceptors (Lipinski definition) is 4. The highest BCUT2D eigenvalue weighted by Crippen LogP contribution is 2.63. The predicted octanol–water partition coefficient (Wildman–Crippen LogP) is 2.24. The molecule has 2 fully saturated rings. The Morgan fingerprint density at radius 2 is 1.96 bits per heavy atom. The molecule has 5 atom stereocenters. The fourth-order valence-electron chi connectivity index (χ4n) is 5.83. The molecule has 3 aliphatic rings. The number of hydrogen-bond donors (Lipinski definition) is 3. The molecule has 0 aromatic rings. The number of aliphatic hydroxyl groups excluding tert-OH is 3. The summed E-state index contributed by atoms with van der Waals surface area (Å²) in [4.78, 5) is 12.5. The Balaban J connectivity index is 2.08. The number of allylic oxidation sites excluding steroid dienone is 2. The molecule has 0 aromatic carbocycles. The van der Waals surface area contributed by atoms with E-state index in [0.29, 0.717) is 12.8 Å². The van der Waals surface area contributed by atoms with E-state index in [1.165, 1.54) is 0 Å². The normalized spacial score (nSPS) is 44.3. The molecule has 3 aliphatic carbocycles. The third kappa shape index (κ3) is 2.42. The van der Waals surface area contributed by atoms with E-state index in [9.17, 15) is 20.1 Å². The van der Waals surface area contributed by atoms with Crippen molar-refractivity contribution in [1.29, 1.82) is 0 Å². The molecule has 4 heteroatoms. The van der Waals surface area contributed by atoms with Gasteiger partial charge in [0.2, 0.25) is 0 Å². The number of Topliss-reactive ketones (excluding diaryl/α,β-unsaturated/α-hetero) is 1. The molecule has 2 saturated carbocycles. The van der Waals surface area contributed by atoms with Crippen LogP contribution in [0.25, 0.3) is 0 Å². The van der Waals surface area contributed by atoms with Crippen molar-refractivity contribution in [3.05, 3.63) is 24.3 Å². The van der Waals surface area contributed by atoms with Gasteiger partial charge in [-0.2, -0.15) is 0 Å². The number of aliphatic hydroxyl groups is 3. The number of carbonyl (C=O) groups excluding carboxylic acids is 1. The smallest absolute Gasteiger partial charge is 0.134 e. The van der Waals surface area contributed by atoms with Crippen LogP contribution in [0.15, 0.2) is 24.3 Å². The van der Waals surface area contributed by atoms with E-state index < -0.39 is 11.5 Å². The second-order valence-electron chi connectivity index (χ2n) is 8.83. The lowest BCUT2D eigenvalue weighted by molar-refractivity contribution is -0.160. The highest BCUT2D eigenvalue weighted by atomic mass is 16.3. The summed E-state index contributed by atoms with van der Waals surface area (Å²) in [6, 6.07) is 0. The molecule has 0 amide bonds. The van der Waals surface area contributed by atoms with Crippen molar-refractivity contribution in [2.45, 2.75) is 52.1 Å². The Hall–Kier alpha value is -0.970. The summed E-state index contributed by atoms with van der Waals surface area (Å²) in [5, 5.41) is 30.8. The van der Waals surface area contributed by atoms with E-state index in [-0.39, 0.29) is 48.1 Å². The quantitative estimate of drug-likeness (QED) is 0.692. The van der Waals surface area contributed by atoms with E-state index >= 15 is 0 Å². The van der Waals surface area contributed by atoms with Crippen molar-refractivity contribution in [3.63, 3.8) is 0 Å². The van der Waals surface area contributed by atoms with Gasteiger partial charge in [0.05, 0.1) is 19.3 Å². The lowest BCUT2D eigenvalue weighted by atomic mass is 9.44. The summed E-state index contributed by atoms with van der Waals surface area (Å²) in [6.07, 6.45) is 6.55. The molecule has 0 bridgehead atoms. The summed E-state index contributed by atoms with van der Waals surface area (Å²) in [6.45, 7) is 7.76. The van der Waals surface area contributed by atoms with Gasteiger partial charge < -0.3 is 15.3 Å². The first-order valence-electron chi connectivity index (χ1n) is 9.01. The van der Waals surface area contributed by atoms with Gasteiger partial charge in [-0.3, -0.25) is 4.79 Å². The molecular formula is C20H30O4. The van der Waals surface area contributed by atoms with Crippen molar-refractivity contribution >= 4 is 5.78 Å². The fraction of sp³-hybridized carbons (Fsp3) is 0.750. The number of fused-ring (bicyclic) bond motifs is 3. The Morgan fingerprint density at radius 3 is 2.54 bits per heavy atom. The summed E-state index contributed by atoms with van der Waals surface area (Å²) in [5.41, 5.74) is -0.203. The van der Waals surface area contributed by atoms with Crippen LogP contribution in [0.1, 0.15) is 46.0 Å². The molecule has 3 N–H and O–H groups in total. The Bertz CT molecular complexity index is 576. The molecule has 134 valence electrons. The highest BCUT2D eigenvalue weighted by Gasteiger charge is 2.60. The molecule has 24 heavy (non-hydrogen) atoms. The van der Waals surface area contributed by atoms with Crippen molar-refractivity contribution in [2.75, 3.05) is 13.2 Å². The number of carbonyl (C=O) groups is 1. The van der Waals surface area contributed by atoms with E-state index in [4.69, 9.17) is 0 Å².